The second kappa shape index (κ2) is 6.72. The Labute approximate surface area is 129 Å². The molecular weight excluding hydrogens is 314 g/mol. The van der Waals surface area contributed by atoms with E-state index < -0.39 is 14.8 Å². The largest absolute Gasteiger partial charge is 0.409 e. The van der Waals surface area contributed by atoms with E-state index in [1.807, 2.05) is 6.26 Å². The molecule has 3 N–H and O–H groups in total. The standard InChI is InChI=1S/C12H23N3O4S2/c1-20-12(11(13)14-16)4-6-15(7-5-12)21(17,18)10-2-8-19-9-3-10/h10,16H,2-9H2,1H3,(H2,13,14). The van der Waals surface area contributed by atoms with Gasteiger partial charge >= 0.3 is 0 Å². The number of nitrogens with two attached hydrogens (primary N) is 1. The normalized spacial score (nSPS) is 25.9. The second-order valence-electron chi connectivity index (χ2n) is 5.44. The molecule has 0 saturated carbocycles. The molecule has 0 bridgehead atoms. The summed E-state index contributed by atoms with van der Waals surface area (Å²) in [7, 11) is -3.28. The van der Waals surface area contributed by atoms with Crippen molar-refractivity contribution >= 4 is 27.6 Å². The van der Waals surface area contributed by atoms with Crippen LogP contribution in [-0.4, -0.2) is 66.3 Å². The molecule has 0 radical (unpaired) electrons. The highest BCUT2D eigenvalue weighted by Crippen LogP contribution is 2.36. The van der Waals surface area contributed by atoms with E-state index in [0.29, 0.717) is 52.0 Å². The molecule has 2 heterocycles. The van der Waals surface area contributed by atoms with E-state index in [1.165, 1.54) is 11.8 Å². The molecule has 2 saturated heterocycles. The summed E-state index contributed by atoms with van der Waals surface area (Å²) in [5, 5.41) is 11.7. The highest BCUT2D eigenvalue weighted by molar-refractivity contribution is 8.00. The lowest BCUT2D eigenvalue weighted by Crippen LogP contribution is -2.53. The maximum atomic E-state index is 12.6. The van der Waals surface area contributed by atoms with Gasteiger partial charge in [0, 0.05) is 26.3 Å². The Morgan fingerprint density at radius 3 is 2.43 bits per heavy atom. The number of sulfonamides is 1. The summed E-state index contributed by atoms with van der Waals surface area (Å²) >= 11 is 1.52. The molecule has 0 spiro atoms. The predicted molar refractivity (Wildman–Crippen MR) is 83.2 cm³/mol. The van der Waals surface area contributed by atoms with Gasteiger partial charge in [0.2, 0.25) is 10.0 Å². The Hall–Kier alpha value is -0.510. The quantitative estimate of drug-likeness (QED) is 0.334. The number of piperidine rings is 1. The van der Waals surface area contributed by atoms with Crippen LogP contribution in [-0.2, 0) is 14.8 Å². The third-order valence-corrected chi connectivity index (χ3v) is 8.24. The lowest BCUT2D eigenvalue weighted by molar-refractivity contribution is 0.0969. The van der Waals surface area contributed by atoms with Crippen LogP contribution in [0, 0.1) is 0 Å². The molecule has 0 aromatic rings. The average molecular weight is 337 g/mol. The van der Waals surface area contributed by atoms with Crippen molar-refractivity contribution in [1.29, 1.82) is 0 Å². The van der Waals surface area contributed by atoms with Crippen LogP contribution in [0.3, 0.4) is 0 Å². The molecule has 0 unspecified atom stereocenters. The van der Waals surface area contributed by atoms with Crippen LogP contribution in [0.4, 0.5) is 0 Å². The van der Waals surface area contributed by atoms with Crippen molar-refractivity contribution in [1.82, 2.24) is 4.31 Å². The number of hydrogen-bond donors (Lipinski definition) is 2. The fourth-order valence-electron chi connectivity index (χ4n) is 2.94. The smallest absolute Gasteiger partial charge is 0.217 e. The van der Waals surface area contributed by atoms with Gasteiger partial charge in [-0.05, 0) is 31.9 Å². The minimum Gasteiger partial charge on any atom is -0.409 e. The fraction of sp³-hybridized carbons (Fsp3) is 0.917. The summed E-state index contributed by atoms with van der Waals surface area (Å²) in [6.07, 6.45) is 4.15. The molecule has 2 fully saturated rings. The third-order valence-electron chi connectivity index (χ3n) is 4.44. The molecule has 0 aliphatic carbocycles. The van der Waals surface area contributed by atoms with Crippen LogP contribution in [0.25, 0.3) is 0 Å². The van der Waals surface area contributed by atoms with Crippen LogP contribution in [0.1, 0.15) is 25.7 Å². The van der Waals surface area contributed by atoms with Crippen molar-refractivity contribution < 1.29 is 18.4 Å². The van der Waals surface area contributed by atoms with Crippen LogP contribution in [0.2, 0.25) is 0 Å². The SMILES string of the molecule is CSC1(C(N)=NO)CCN(S(=O)(=O)C2CCOCC2)CC1. The number of nitrogens with zero attached hydrogens (tertiary/aromatic N) is 2. The molecule has 2 rings (SSSR count). The first-order valence-corrected chi connectivity index (χ1v) is 9.79. The molecule has 21 heavy (non-hydrogen) atoms. The molecular formula is C12H23N3O4S2. The van der Waals surface area contributed by atoms with Gasteiger partial charge < -0.3 is 15.7 Å². The molecule has 7 nitrogen and oxygen atoms in total. The van der Waals surface area contributed by atoms with E-state index in [4.69, 9.17) is 15.7 Å². The van der Waals surface area contributed by atoms with Gasteiger partial charge in [-0.15, -0.1) is 0 Å². The minimum atomic E-state index is -3.28. The zero-order valence-electron chi connectivity index (χ0n) is 12.2. The van der Waals surface area contributed by atoms with Gasteiger partial charge in [-0.3, -0.25) is 0 Å². The second-order valence-corrected chi connectivity index (χ2v) is 8.84. The molecule has 2 aliphatic heterocycles. The number of rotatable bonds is 4. The maximum Gasteiger partial charge on any atom is 0.217 e. The first-order chi connectivity index (χ1) is 9.96. The van der Waals surface area contributed by atoms with Gasteiger partial charge in [0.1, 0.15) is 0 Å². The molecule has 2 aliphatic rings. The molecule has 122 valence electrons. The van der Waals surface area contributed by atoms with E-state index in [2.05, 4.69) is 5.16 Å². The van der Waals surface area contributed by atoms with Gasteiger partial charge in [-0.2, -0.15) is 11.8 Å². The average Bonchev–Trinajstić information content (AvgIpc) is 2.54. The molecule has 0 amide bonds. The van der Waals surface area contributed by atoms with Crippen molar-refractivity contribution in [2.75, 3.05) is 32.6 Å². The predicted octanol–water partition coefficient (Wildman–Crippen LogP) is 0.439. The zero-order chi connectivity index (χ0) is 15.5. The van der Waals surface area contributed by atoms with E-state index in [-0.39, 0.29) is 11.1 Å². The molecule has 0 aromatic heterocycles. The van der Waals surface area contributed by atoms with Crippen LogP contribution >= 0.6 is 11.8 Å². The maximum absolute atomic E-state index is 12.6. The first-order valence-electron chi connectivity index (χ1n) is 7.06. The van der Waals surface area contributed by atoms with Crippen molar-refractivity contribution in [2.24, 2.45) is 10.9 Å². The number of ether oxygens (including phenoxy) is 1. The number of amidine groups is 1. The fourth-order valence-corrected chi connectivity index (χ4v) is 5.68. The van der Waals surface area contributed by atoms with E-state index in [9.17, 15) is 8.42 Å². The Morgan fingerprint density at radius 2 is 1.95 bits per heavy atom. The lowest BCUT2D eigenvalue weighted by atomic mass is 9.96. The van der Waals surface area contributed by atoms with E-state index in [0.717, 1.165) is 0 Å². The summed E-state index contributed by atoms with van der Waals surface area (Å²) < 4.78 is 31.6. The monoisotopic (exact) mass is 337 g/mol. The summed E-state index contributed by atoms with van der Waals surface area (Å²) in [6.45, 7) is 1.85. The van der Waals surface area contributed by atoms with Crippen LogP contribution in [0.15, 0.2) is 5.16 Å². The van der Waals surface area contributed by atoms with Crippen molar-refractivity contribution in [2.45, 2.75) is 35.7 Å². The van der Waals surface area contributed by atoms with Gasteiger partial charge in [-0.1, -0.05) is 5.16 Å². The lowest BCUT2D eigenvalue weighted by Gasteiger charge is -2.40. The zero-order valence-corrected chi connectivity index (χ0v) is 13.8. The van der Waals surface area contributed by atoms with E-state index in [1.54, 1.807) is 4.31 Å². The number of thioether (sulfide) groups is 1. The van der Waals surface area contributed by atoms with Gasteiger partial charge in [0.25, 0.3) is 0 Å². The minimum absolute atomic E-state index is 0.179. The Balaban J connectivity index is 2.06. The first kappa shape index (κ1) is 16.9. The number of hydrogen-bond acceptors (Lipinski definition) is 6. The van der Waals surface area contributed by atoms with Crippen molar-refractivity contribution in [3.63, 3.8) is 0 Å². The Kier molecular flexibility index (Phi) is 5.39. The van der Waals surface area contributed by atoms with Crippen molar-refractivity contribution in [3.8, 4) is 0 Å². The van der Waals surface area contributed by atoms with Gasteiger partial charge in [0.15, 0.2) is 5.84 Å². The van der Waals surface area contributed by atoms with Crippen LogP contribution in [0.5, 0.6) is 0 Å². The highest BCUT2D eigenvalue weighted by Gasteiger charge is 2.43. The summed E-state index contributed by atoms with van der Waals surface area (Å²) in [4.78, 5) is 0. The summed E-state index contributed by atoms with van der Waals surface area (Å²) in [5.41, 5.74) is 5.79. The van der Waals surface area contributed by atoms with Gasteiger partial charge in [0.05, 0.1) is 10.00 Å². The van der Waals surface area contributed by atoms with Crippen LogP contribution < -0.4 is 5.73 Å². The molecule has 9 heteroatoms. The Morgan fingerprint density at radius 1 is 1.38 bits per heavy atom. The molecule has 0 aromatic carbocycles. The van der Waals surface area contributed by atoms with E-state index >= 15 is 0 Å². The summed E-state index contributed by atoms with van der Waals surface area (Å²) in [6, 6.07) is 0. The Bertz CT molecular complexity index is 481. The molecule has 0 atom stereocenters. The third kappa shape index (κ3) is 3.30. The van der Waals surface area contributed by atoms with Gasteiger partial charge in [-0.25, -0.2) is 12.7 Å². The summed E-state index contributed by atoms with van der Waals surface area (Å²) in [5.74, 6) is 0.179. The van der Waals surface area contributed by atoms with Crippen molar-refractivity contribution in [3.05, 3.63) is 0 Å². The highest BCUT2D eigenvalue weighted by atomic mass is 32.2. The topological polar surface area (TPSA) is 105 Å². The number of oxime groups is 1.